The number of carbonyl (C=O) groups excluding carboxylic acids is 2. The molecule has 3 aliphatic carbocycles. The molecule has 5 aliphatic rings. The van der Waals surface area contributed by atoms with Crippen LogP contribution in [-0.2, 0) is 9.59 Å². The Bertz CT molecular complexity index is 754. The van der Waals surface area contributed by atoms with Crippen LogP contribution in [0, 0.1) is 29.6 Å². The molecule has 0 aromatic carbocycles. The maximum absolute atomic E-state index is 13.9. The topological polar surface area (TPSA) is 52.7 Å². The Morgan fingerprint density at radius 3 is 2.24 bits per heavy atom. The highest BCUT2D eigenvalue weighted by molar-refractivity contribution is 6.20. The van der Waals surface area contributed by atoms with Crippen LogP contribution in [0.4, 0.5) is 0 Å². The number of amides is 2. The number of piperidine rings is 1. The Morgan fingerprint density at radius 2 is 1.51 bits per heavy atom. The van der Waals surface area contributed by atoms with Gasteiger partial charge in [-0.2, -0.15) is 0 Å². The molecule has 5 nitrogen and oxygen atoms in total. The average Bonchev–Trinajstić information content (AvgIpc) is 3.29. The lowest BCUT2D eigenvalue weighted by atomic mass is 9.81. The molecule has 3 unspecified atom stereocenters. The molecule has 5 fully saturated rings. The zero-order valence-corrected chi connectivity index (χ0v) is 24.1. The Labute approximate surface area is 230 Å². The minimum Gasteiger partial charge on any atom is -0.356 e. The SMILES string of the molecule is CC1CCC(CCNC(=O)C2CCN(C(=O)C3CC4CCCCC4N3CC3CCC(Cl)CC3)CC2)CC1. The van der Waals surface area contributed by atoms with Crippen LogP contribution < -0.4 is 5.32 Å². The molecule has 1 N–H and O–H groups in total. The number of likely N-dealkylation sites (tertiary alicyclic amines) is 2. The lowest BCUT2D eigenvalue weighted by Crippen LogP contribution is -2.52. The Balaban J connectivity index is 1.09. The molecule has 2 aliphatic heterocycles. The van der Waals surface area contributed by atoms with Crippen LogP contribution in [0.25, 0.3) is 0 Å². The molecule has 0 bridgehead atoms. The van der Waals surface area contributed by atoms with Crippen molar-refractivity contribution in [2.45, 2.75) is 127 Å². The average molecular weight is 534 g/mol. The first kappa shape index (κ1) is 27.7. The van der Waals surface area contributed by atoms with Gasteiger partial charge in [0.25, 0.3) is 0 Å². The van der Waals surface area contributed by atoms with Crippen LogP contribution in [0.1, 0.15) is 110 Å². The van der Waals surface area contributed by atoms with E-state index < -0.39 is 0 Å². The summed E-state index contributed by atoms with van der Waals surface area (Å²) < 4.78 is 0. The third-order valence-electron chi connectivity index (χ3n) is 10.9. The van der Waals surface area contributed by atoms with Crippen molar-refractivity contribution in [1.29, 1.82) is 0 Å². The molecular weight excluding hydrogens is 482 g/mol. The smallest absolute Gasteiger partial charge is 0.239 e. The second kappa shape index (κ2) is 13.0. The van der Waals surface area contributed by atoms with E-state index in [4.69, 9.17) is 11.6 Å². The van der Waals surface area contributed by atoms with Gasteiger partial charge in [-0.25, -0.2) is 0 Å². The van der Waals surface area contributed by atoms with Gasteiger partial charge >= 0.3 is 0 Å². The zero-order chi connectivity index (χ0) is 25.8. The van der Waals surface area contributed by atoms with Gasteiger partial charge in [0.15, 0.2) is 0 Å². The fraction of sp³-hybridized carbons (Fsp3) is 0.935. The number of hydrogen-bond donors (Lipinski definition) is 1. The molecule has 2 saturated heterocycles. The Kier molecular flexibility index (Phi) is 9.77. The van der Waals surface area contributed by atoms with Gasteiger partial charge in [0.1, 0.15) is 0 Å². The summed E-state index contributed by atoms with van der Waals surface area (Å²) in [6.07, 6.45) is 19.0. The van der Waals surface area contributed by atoms with Crippen LogP contribution in [0.5, 0.6) is 0 Å². The highest BCUT2D eigenvalue weighted by Crippen LogP contribution is 2.42. The van der Waals surface area contributed by atoms with Gasteiger partial charge in [-0.15, -0.1) is 11.6 Å². The van der Waals surface area contributed by atoms with Crippen LogP contribution >= 0.6 is 11.6 Å². The van der Waals surface area contributed by atoms with Crippen molar-refractivity contribution in [3.8, 4) is 0 Å². The normalized spacial score (nSPS) is 37.8. The molecule has 6 heteroatoms. The predicted molar refractivity (Wildman–Crippen MR) is 151 cm³/mol. The lowest BCUT2D eigenvalue weighted by Gasteiger charge is -2.39. The summed E-state index contributed by atoms with van der Waals surface area (Å²) >= 11 is 6.39. The third-order valence-corrected chi connectivity index (χ3v) is 11.4. The van der Waals surface area contributed by atoms with Crippen LogP contribution in [0.2, 0.25) is 0 Å². The molecule has 210 valence electrons. The summed E-state index contributed by atoms with van der Waals surface area (Å²) in [4.78, 5) is 31.5. The summed E-state index contributed by atoms with van der Waals surface area (Å²) in [5.41, 5.74) is 0. The largest absolute Gasteiger partial charge is 0.356 e. The van der Waals surface area contributed by atoms with Crippen molar-refractivity contribution >= 4 is 23.4 Å². The van der Waals surface area contributed by atoms with Crippen molar-refractivity contribution in [3.05, 3.63) is 0 Å². The molecule has 2 amide bonds. The molecule has 2 heterocycles. The summed E-state index contributed by atoms with van der Waals surface area (Å²) in [6.45, 7) is 5.75. The van der Waals surface area contributed by atoms with Crippen molar-refractivity contribution in [2.75, 3.05) is 26.2 Å². The first-order valence-electron chi connectivity index (χ1n) is 15.9. The number of nitrogens with zero attached hydrogens (tertiary/aromatic N) is 2. The number of halogens is 1. The number of alkyl halides is 1. The minimum absolute atomic E-state index is 0.0606. The standard InChI is InChI=1S/C31H52ClN3O2/c1-22-6-8-23(9-7-22)14-17-33-30(36)25-15-18-34(19-16-25)31(37)29-20-26-4-2-3-5-28(26)35(29)21-24-10-12-27(32)13-11-24/h22-29H,2-21H2,1H3,(H,33,36). The maximum Gasteiger partial charge on any atom is 0.239 e. The van der Waals surface area contributed by atoms with Crippen LogP contribution in [0.15, 0.2) is 0 Å². The zero-order valence-electron chi connectivity index (χ0n) is 23.3. The van der Waals surface area contributed by atoms with Crippen molar-refractivity contribution in [1.82, 2.24) is 15.1 Å². The Morgan fingerprint density at radius 1 is 0.838 bits per heavy atom. The van der Waals surface area contributed by atoms with Crippen molar-refractivity contribution in [2.24, 2.45) is 29.6 Å². The highest BCUT2D eigenvalue weighted by atomic mass is 35.5. The van der Waals surface area contributed by atoms with Gasteiger partial charge in [0.2, 0.25) is 11.8 Å². The molecule has 3 saturated carbocycles. The molecule has 0 radical (unpaired) electrons. The van der Waals surface area contributed by atoms with E-state index in [-0.39, 0.29) is 17.9 Å². The number of rotatable bonds is 7. The van der Waals surface area contributed by atoms with E-state index in [2.05, 4.69) is 22.0 Å². The van der Waals surface area contributed by atoms with E-state index in [1.807, 2.05) is 0 Å². The second-order valence-electron chi connectivity index (χ2n) is 13.5. The quantitative estimate of drug-likeness (QED) is 0.409. The second-order valence-corrected chi connectivity index (χ2v) is 14.1. The van der Waals surface area contributed by atoms with Crippen LogP contribution in [0.3, 0.4) is 0 Å². The van der Waals surface area contributed by atoms with E-state index in [0.717, 1.165) is 76.5 Å². The van der Waals surface area contributed by atoms with E-state index in [9.17, 15) is 9.59 Å². The van der Waals surface area contributed by atoms with E-state index >= 15 is 0 Å². The lowest BCUT2D eigenvalue weighted by molar-refractivity contribution is -0.140. The Hall–Kier alpha value is -0.810. The molecule has 0 aromatic heterocycles. The monoisotopic (exact) mass is 533 g/mol. The minimum atomic E-state index is 0.0606. The van der Waals surface area contributed by atoms with E-state index in [1.54, 1.807) is 0 Å². The number of carbonyl (C=O) groups is 2. The van der Waals surface area contributed by atoms with Crippen LogP contribution in [-0.4, -0.2) is 65.3 Å². The fourth-order valence-corrected chi connectivity index (χ4v) is 8.65. The van der Waals surface area contributed by atoms with Gasteiger partial charge in [-0.3, -0.25) is 14.5 Å². The summed E-state index contributed by atoms with van der Waals surface area (Å²) in [7, 11) is 0. The number of hydrogen-bond acceptors (Lipinski definition) is 3. The molecule has 3 atom stereocenters. The van der Waals surface area contributed by atoms with Gasteiger partial charge in [0, 0.05) is 43.5 Å². The number of fused-ring (bicyclic) bond motifs is 1. The fourth-order valence-electron chi connectivity index (χ4n) is 8.40. The molecule has 0 spiro atoms. The van der Waals surface area contributed by atoms with Crippen molar-refractivity contribution in [3.63, 3.8) is 0 Å². The predicted octanol–water partition coefficient (Wildman–Crippen LogP) is 5.99. The molecule has 0 aromatic rings. The molecular formula is C31H52ClN3O2. The molecule has 37 heavy (non-hydrogen) atoms. The number of nitrogens with one attached hydrogen (secondary N) is 1. The van der Waals surface area contributed by atoms with Gasteiger partial charge in [-0.1, -0.05) is 45.4 Å². The first-order chi connectivity index (χ1) is 18.0. The maximum atomic E-state index is 13.9. The third kappa shape index (κ3) is 7.04. The summed E-state index contributed by atoms with van der Waals surface area (Å²) in [5.74, 6) is 3.71. The first-order valence-corrected chi connectivity index (χ1v) is 16.4. The molecule has 5 rings (SSSR count). The van der Waals surface area contributed by atoms with Gasteiger partial charge < -0.3 is 10.2 Å². The van der Waals surface area contributed by atoms with Gasteiger partial charge in [0.05, 0.1) is 6.04 Å². The van der Waals surface area contributed by atoms with Crippen molar-refractivity contribution < 1.29 is 9.59 Å². The summed E-state index contributed by atoms with van der Waals surface area (Å²) in [6, 6.07) is 0.664. The highest BCUT2D eigenvalue weighted by Gasteiger charge is 2.47. The van der Waals surface area contributed by atoms with E-state index in [1.165, 1.54) is 64.2 Å². The van der Waals surface area contributed by atoms with Gasteiger partial charge in [-0.05, 0) is 87.9 Å². The summed E-state index contributed by atoms with van der Waals surface area (Å²) in [5, 5.41) is 3.59. The van der Waals surface area contributed by atoms with E-state index in [0.29, 0.717) is 29.2 Å².